The molecule has 0 radical (unpaired) electrons. The van der Waals surface area contributed by atoms with Crippen LogP contribution in [0.25, 0.3) is 5.65 Å². The first-order valence-corrected chi connectivity index (χ1v) is 6.96. The molecular weight excluding hydrogens is 240 g/mol. The number of pyridine rings is 1. The summed E-state index contributed by atoms with van der Waals surface area (Å²) >= 11 is 0. The Morgan fingerprint density at radius 3 is 3.00 bits per heavy atom. The summed E-state index contributed by atoms with van der Waals surface area (Å²) in [6, 6.07) is 4.25. The van der Waals surface area contributed by atoms with Crippen molar-refractivity contribution < 1.29 is 4.74 Å². The Labute approximate surface area is 113 Å². The Balaban J connectivity index is 2.03. The van der Waals surface area contributed by atoms with Crippen molar-refractivity contribution in [2.45, 2.75) is 32.2 Å². The summed E-state index contributed by atoms with van der Waals surface area (Å²) in [5.74, 6) is 1.88. The van der Waals surface area contributed by atoms with Gasteiger partial charge in [0.2, 0.25) is 0 Å². The summed E-state index contributed by atoms with van der Waals surface area (Å²) in [6.45, 7) is 4.42. The van der Waals surface area contributed by atoms with Gasteiger partial charge in [-0.25, -0.2) is 0 Å². The number of aromatic nitrogens is 3. The van der Waals surface area contributed by atoms with Crippen molar-refractivity contribution in [2.75, 3.05) is 20.2 Å². The molecule has 0 aromatic carbocycles. The fourth-order valence-corrected chi connectivity index (χ4v) is 2.90. The van der Waals surface area contributed by atoms with Crippen molar-refractivity contribution in [3.8, 4) is 5.75 Å². The van der Waals surface area contributed by atoms with Crippen LogP contribution in [0.15, 0.2) is 18.3 Å². The molecule has 0 aliphatic carbocycles. The van der Waals surface area contributed by atoms with Crippen LogP contribution in [-0.2, 0) is 0 Å². The van der Waals surface area contributed by atoms with E-state index in [2.05, 4.69) is 26.4 Å². The van der Waals surface area contributed by atoms with Crippen LogP contribution in [0.3, 0.4) is 0 Å². The average molecular weight is 260 g/mol. The first-order valence-electron chi connectivity index (χ1n) is 6.96. The molecule has 0 saturated carbocycles. The van der Waals surface area contributed by atoms with E-state index in [0.717, 1.165) is 36.7 Å². The maximum atomic E-state index is 5.30. The third-order valence-electron chi connectivity index (χ3n) is 3.96. The molecule has 1 aliphatic heterocycles. The molecule has 5 nitrogen and oxygen atoms in total. The summed E-state index contributed by atoms with van der Waals surface area (Å²) in [7, 11) is 1.68. The summed E-state index contributed by atoms with van der Waals surface area (Å²) in [6.07, 6.45) is 5.68. The maximum absolute atomic E-state index is 5.30. The van der Waals surface area contributed by atoms with Crippen LogP contribution in [0.5, 0.6) is 5.75 Å². The minimum Gasteiger partial charge on any atom is -0.495 e. The van der Waals surface area contributed by atoms with E-state index in [1.54, 1.807) is 7.11 Å². The highest BCUT2D eigenvalue weighted by Crippen LogP contribution is 2.30. The predicted molar refractivity (Wildman–Crippen MR) is 73.4 cm³/mol. The molecule has 1 saturated heterocycles. The topological polar surface area (TPSA) is 42.7 Å². The fourth-order valence-electron chi connectivity index (χ4n) is 2.90. The van der Waals surface area contributed by atoms with Gasteiger partial charge in [-0.05, 0) is 38.1 Å². The predicted octanol–water partition coefficient (Wildman–Crippen LogP) is 2.28. The van der Waals surface area contributed by atoms with Crippen LogP contribution in [0.4, 0.5) is 0 Å². The molecule has 0 amide bonds. The number of fused-ring (bicyclic) bond motifs is 1. The summed E-state index contributed by atoms with van der Waals surface area (Å²) in [4.78, 5) is 2.49. The van der Waals surface area contributed by atoms with E-state index in [1.165, 1.54) is 12.8 Å². The van der Waals surface area contributed by atoms with Crippen molar-refractivity contribution in [1.82, 2.24) is 19.5 Å². The molecule has 19 heavy (non-hydrogen) atoms. The molecular formula is C14H20N4O. The second-order valence-corrected chi connectivity index (χ2v) is 5.00. The summed E-state index contributed by atoms with van der Waals surface area (Å²) in [5, 5.41) is 8.68. The van der Waals surface area contributed by atoms with E-state index in [1.807, 2.05) is 18.3 Å². The molecule has 0 bridgehead atoms. The molecule has 1 atom stereocenters. The molecule has 1 fully saturated rings. The van der Waals surface area contributed by atoms with Crippen molar-refractivity contribution in [2.24, 2.45) is 0 Å². The normalized spacial score (nSPS) is 20.8. The van der Waals surface area contributed by atoms with E-state index < -0.39 is 0 Å². The molecule has 3 heterocycles. The second kappa shape index (κ2) is 5.17. The molecule has 0 spiro atoms. The number of hydrogen-bond donors (Lipinski definition) is 0. The minimum atomic E-state index is 0.376. The van der Waals surface area contributed by atoms with Gasteiger partial charge in [0.15, 0.2) is 11.5 Å². The van der Waals surface area contributed by atoms with E-state index in [0.29, 0.717) is 6.04 Å². The van der Waals surface area contributed by atoms with E-state index in [-0.39, 0.29) is 0 Å². The molecule has 2 aromatic rings. The van der Waals surface area contributed by atoms with Gasteiger partial charge in [0, 0.05) is 0 Å². The van der Waals surface area contributed by atoms with Crippen LogP contribution >= 0.6 is 0 Å². The number of likely N-dealkylation sites (tertiary alicyclic amines) is 1. The third kappa shape index (κ3) is 2.18. The quantitative estimate of drug-likeness (QED) is 0.849. The van der Waals surface area contributed by atoms with Gasteiger partial charge in [0.05, 0.1) is 19.3 Å². The second-order valence-electron chi connectivity index (χ2n) is 5.00. The Kier molecular flexibility index (Phi) is 3.38. The monoisotopic (exact) mass is 260 g/mol. The summed E-state index contributed by atoms with van der Waals surface area (Å²) in [5.41, 5.74) is 0.887. The number of piperidine rings is 1. The molecule has 2 aromatic heterocycles. The van der Waals surface area contributed by atoms with Gasteiger partial charge in [-0.3, -0.25) is 9.30 Å². The Morgan fingerprint density at radius 2 is 2.21 bits per heavy atom. The number of hydrogen-bond acceptors (Lipinski definition) is 4. The Morgan fingerprint density at radius 1 is 1.32 bits per heavy atom. The SMILES string of the molecule is CCN1CCCCC1c1nnc2ccc(OC)cn12. The zero-order valence-electron chi connectivity index (χ0n) is 11.5. The van der Waals surface area contributed by atoms with Gasteiger partial charge in [-0.1, -0.05) is 13.3 Å². The smallest absolute Gasteiger partial charge is 0.161 e. The van der Waals surface area contributed by atoms with E-state index in [9.17, 15) is 0 Å². The van der Waals surface area contributed by atoms with Gasteiger partial charge in [0.25, 0.3) is 0 Å². The van der Waals surface area contributed by atoms with E-state index >= 15 is 0 Å². The third-order valence-corrected chi connectivity index (χ3v) is 3.96. The van der Waals surface area contributed by atoms with Gasteiger partial charge in [0.1, 0.15) is 5.75 Å². The highest BCUT2D eigenvalue weighted by atomic mass is 16.5. The minimum absolute atomic E-state index is 0.376. The number of ether oxygens (including phenoxy) is 1. The van der Waals surface area contributed by atoms with Crippen LogP contribution in [0.1, 0.15) is 38.1 Å². The highest BCUT2D eigenvalue weighted by Gasteiger charge is 2.26. The lowest BCUT2D eigenvalue weighted by atomic mass is 10.0. The van der Waals surface area contributed by atoms with Gasteiger partial charge in [-0.2, -0.15) is 0 Å². The lowest BCUT2D eigenvalue weighted by Gasteiger charge is -2.33. The highest BCUT2D eigenvalue weighted by molar-refractivity contribution is 5.41. The fraction of sp³-hybridized carbons (Fsp3) is 0.571. The van der Waals surface area contributed by atoms with Crippen LogP contribution < -0.4 is 4.74 Å². The Hall–Kier alpha value is -1.62. The number of rotatable bonds is 3. The van der Waals surface area contributed by atoms with Crippen molar-refractivity contribution in [3.63, 3.8) is 0 Å². The molecule has 5 heteroatoms. The lowest BCUT2D eigenvalue weighted by molar-refractivity contribution is 0.149. The zero-order valence-corrected chi connectivity index (χ0v) is 11.5. The zero-order chi connectivity index (χ0) is 13.2. The van der Waals surface area contributed by atoms with Crippen molar-refractivity contribution >= 4 is 5.65 Å². The molecule has 1 aliphatic rings. The standard InChI is InChI=1S/C14H20N4O/c1-3-17-9-5-4-6-12(17)14-16-15-13-8-7-11(19-2)10-18(13)14/h7-8,10,12H,3-6,9H2,1-2H3. The molecule has 3 rings (SSSR count). The number of nitrogens with zero attached hydrogens (tertiary/aromatic N) is 4. The maximum Gasteiger partial charge on any atom is 0.161 e. The molecule has 1 unspecified atom stereocenters. The molecule has 102 valence electrons. The van der Waals surface area contributed by atoms with Crippen molar-refractivity contribution in [1.29, 1.82) is 0 Å². The van der Waals surface area contributed by atoms with Gasteiger partial charge < -0.3 is 4.74 Å². The summed E-state index contributed by atoms with van der Waals surface area (Å²) < 4.78 is 7.36. The van der Waals surface area contributed by atoms with Crippen LogP contribution in [0.2, 0.25) is 0 Å². The molecule has 0 N–H and O–H groups in total. The number of methoxy groups -OCH3 is 1. The lowest BCUT2D eigenvalue weighted by Crippen LogP contribution is -2.34. The van der Waals surface area contributed by atoms with Crippen molar-refractivity contribution in [3.05, 3.63) is 24.2 Å². The van der Waals surface area contributed by atoms with Gasteiger partial charge in [-0.15, -0.1) is 10.2 Å². The van der Waals surface area contributed by atoms with Gasteiger partial charge >= 0.3 is 0 Å². The first-order chi connectivity index (χ1) is 9.33. The van der Waals surface area contributed by atoms with Crippen LogP contribution in [0, 0.1) is 0 Å². The average Bonchev–Trinajstić information content (AvgIpc) is 2.89. The van der Waals surface area contributed by atoms with Crippen LogP contribution in [-0.4, -0.2) is 39.7 Å². The first kappa shape index (κ1) is 12.4. The Bertz CT molecular complexity index is 566. The largest absolute Gasteiger partial charge is 0.495 e. The van der Waals surface area contributed by atoms with E-state index in [4.69, 9.17) is 4.74 Å².